The minimum atomic E-state index is -3.62. The van der Waals surface area contributed by atoms with Gasteiger partial charge in [-0.25, -0.2) is 18.1 Å². The molecule has 0 saturated carbocycles. The first-order valence-corrected chi connectivity index (χ1v) is 13.3. The van der Waals surface area contributed by atoms with E-state index in [1.54, 1.807) is 26.0 Å². The zero-order chi connectivity index (χ0) is 25.0. The fraction of sp³-hybridized carbons (Fsp3) is 0.333. The van der Waals surface area contributed by atoms with E-state index in [2.05, 4.69) is 54.3 Å². The number of nitrogens with zero attached hydrogens (tertiary/aromatic N) is 4. The zero-order valence-corrected chi connectivity index (χ0v) is 21.6. The van der Waals surface area contributed by atoms with Gasteiger partial charge in [0, 0.05) is 49.3 Å². The van der Waals surface area contributed by atoms with Crippen LogP contribution in [0, 0.1) is 0 Å². The molecule has 35 heavy (non-hydrogen) atoms. The van der Waals surface area contributed by atoms with Gasteiger partial charge in [-0.05, 0) is 63.4 Å². The standard InChI is InChI=1S/C24H30ClN7O2S/c1-17(2)30-35(33,34)21-6-4-5-19(15-21)27-23-22(25)16-26-24(29-23)28-18-7-9-20(10-8-18)32-13-11-31(3)12-14-32/h4-10,15-17,30H,11-14H2,1-3H3,(H2,26,27,28,29). The van der Waals surface area contributed by atoms with Crippen LogP contribution < -0.4 is 20.3 Å². The number of halogens is 1. The Hall–Kier alpha value is -2.92. The molecular formula is C24H30ClN7O2S. The highest BCUT2D eigenvalue weighted by Crippen LogP contribution is 2.27. The number of anilines is 5. The molecule has 1 aliphatic heterocycles. The quantitative estimate of drug-likeness (QED) is 0.413. The zero-order valence-electron chi connectivity index (χ0n) is 20.0. The van der Waals surface area contributed by atoms with E-state index in [0.29, 0.717) is 22.5 Å². The third-order valence-corrected chi connectivity index (χ3v) is 7.47. The summed E-state index contributed by atoms with van der Waals surface area (Å²) in [5, 5.41) is 6.61. The Bertz CT molecular complexity index is 1260. The van der Waals surface area contributed by atoms with Gasteiger partial charge in [-0.1, -0.05) is 17.7 Å². The minimum absolute atomic E-state index is 0.153. The van der Waals surface area contributed by atoms with Crippen LogP contribution in [0.25, 0.3) is 0 Å². The Balaban J connectivity index is 1.46. The SMILES string of the molecule is CC(C)NS(=O)(=O)c1cccc(Nc2nc(Nc3ccc(N4CCN(C)CC4)cc3)ncc2Cl)c1. The van der Waals surface area contributed by atoms with Crippen LogP contribution in [0.2, 0.25) is 5.02 Å². The van der Waals surface area contributed by atoms with Crippen LogP contribution in [0.15, 0.2) is 59.6 Å². The van der Waals surface area contributed by atoms with Gasteiger partial charge in [0.05, 0.1) is 11.1 Å². The molecule has 0 bridgehead atoms. The van der Waals surface area contributed by atoms with Crippen LogP contribution in [0.4, 0.5) is 28.8 Å². The van der Waals surface area contributed by atoms with Gasteiger partial charge in [0.1, 0.15) is 5.02 Å². The molecule has 4 rings (SSSR count). The van der Waals surface area contributed by atoms with Crippen molar-refractivity contribution in [1.29, 1.82) is 0 Å². The number of rotatable bonds is 8. The van der Waals surface area contributed by atoms with Crippen LogP contribution in [-0.2, 0) is 10.0 Å². The van der Waals surface area contributed by atoms with Crippen molar-refractivity contribution in [1.82, 2.24) is 19.6 Å². The van der Waals surface area contributed by atoms with Gasteiger partial charge in [-0.15, -0.1) is 0 Å². The molecule has 1 aromatic heterocycles. The molecule has 1 fully saturated rings. The molecule has 3 N–H and O–H groups in total. The molecule has 0 radical (unpaired) electrons. The number of hydrogen-bond donors (Lipinski definition) is 3. The first kappa shape index (κ1) is 25.2. The van der Waals surface area contributed by atoms with Crippen LogP contribution in [0.3, 0.4) is 0 Å². The van der Waals surface area contributed by atoms with Gasteiger partial charge in [-0.3, -0.25) is 0 Å². The normalized spacial score (nSPS) is 14.8. The first-order chi connectivity index (χ1) is 16.7. The summed E-state index contributed by atoms with van der Waals surface area (Å²) in [6, 6.07) is 14.4. The topological polar surface area (TPSA) is 102 Å². The van der Waals surface area contributed by atoms with Crippen LogP contribution in [0.5, 0.6) is 0 Å². The number of sulfonamides is 1. The maximum absolute atomic E-state index is 12.5. The average Bonchev–Trinajstić information content (AvgIpc) is 2.82. The van der Waals surface area contributed by atoms with Crippen LogP contribution in [-0.4, -0.2) is 62.6 Å². The van der Waals surface area contributed by atoms with Crippen molar-refractivity contribution in [2.24, 2.45) is 0 Å². The van der Waals surface area contributed by atoms with Crippen molar-refractivity contribution < 1.29 is 8.42 Å². The van der Waals surface area contributed by atoms with Gasteiger partial charge in [0.25, 0.3) is 0 Å². The molecule has 11 heteroatoms. The molecule has 0 spiro atoms. The molecule has 3 aromatic rings. The second-order valence-corrected chi connectivity index (χ2v) is 10.9. The summed E-state index contributed by atoms with van der Waals surface area (Å²) < 4.78 is 27.6. The lowest BCUT2D eigenvalue weighted by Crippen LogP contribution is -2.44. The minimum Gasteiger partial charge on any atom is -0.369 e. The number of piperazine rings is 1. The van der Waals surface area contributed by atoms with Crippen molar-refractivity contribution in [3.05, 3.63) is 59.8 Å². The molecular weight excluding hydrogens is 486 g/mol. The van der Waals surface area contributed by atoms with Crippen LogP contribution in [0.1, 0.15) is 13.8 Å². The molecule has 1 aliphatic rings. The number of nitrogens with one attached hydrogen (secondary N) is 3. The Kier molecular flexibility index (Phi) is 7.75. The Morgan fingerprint density at radius 1 is 0.971 bits per heavy atom. The first-order valence-electron chi connectivity index (χ1n) is 11.4. The molecule has 0 unspecified atom stereocenters. The summed E-state index contributed by atoms with van der Waals surface area (Å²) in [6.45, 7) is 7.67. The number of likely N-dealkylation sites (N-methyl/N-ethyl adjacent to an activating group) is 1. The van der Waals surface area contributed by atoms with E-state index in [0.717, 1.165) is 31.9 Å². The lowest BCUT2D eigenvalue weighted by molar-refractivity contribution is 0.313. The summed E-state index contributed by atoms with van der Waals surface area (Å²) in [5.41, 5.74) is 2.58. The maximum Gasteiger partial charge on any atom is 0.240 e. The molecule has 0 amide bonds. The smallest absolute Gasteiger partial charge is 0.240 e. The highest BCUT2D eigenvalue weighted by Gasteiger charge is 2.17. The van der Waals surface area contributed by atoms with Crippen LogP contribution >= 0.6 is 11.6 Å². The van der Waals surface area contributed by atoms with Gasteiger partial charge >= 0.3 is 0 Å². The average molecular weight is 516 g/mol. The number of aromatic nitrogens is 2. The molecule has 0 atom stereocenters. The lowest BCUT2D eigenvalue weighted by atomic mass is 10.2. The van der Waals surface area contributed by atoms with Gasteiger partial charge in [0.2, 0.25) is 16.0 Å². The van der Waals surface area contributed by atoms with Crippen molar-refractivity contribution in [3.8, 4) is 0 Å². The number of benzene rings is 2. The third kappa shape index (κ3) is 6.61. The molecule has 1 saturated heterocycles. The summed E-state index contributed by atoms with van der Waals surface area (Å²) in [5.74, 6) is 0.735. The summed E-state index contributed by atoms with van der Waals surface area (Å²) in [6.07, 6.45) is 1.50. The third-order valence-electron chi connectivity index (χ3n) is 5.53. The van der Waals surface area contributed by atoms with E-state index in [-0.39, 0.29) is 10.9 Å². The van der Waals surface area contributed by atoms with Gasteiger partial charge in [0.15, 0.2) is 5.82 Å². The highest BCUT2D eigenvalue weighted by atomic mass is 35.5. The molecule has 2 heterocycles. The second-order valence-electron chi connectivity index (χ2n) is 8.78. The van der Waals surface area contributed by atoms with Crippen molar-refractivity contribution in [2.75, 3.05) is 48.8 Å². The largest absolute Gasteiger partial charge is 0.369 e. The van der Waals surface area contributed by atoms with E-state index in [1.807, 2.05) is 12.1 Å². The molecule has 9 nitrogen and oxygen atoms in total. The Labute approximate surface area is 211 Å². The maximum atomic E-state index is 12.5. The number of hydrogen-bond acceptors (Lipinski definition) is 8. The summed E-state index contributed by atoms with van der Waals surface area (Å²) >= 11 is 6.31. The Morgan fingerprint density at radius 2 is 1.69 bits per heavy atom. The Morgan fingerprint density at radius 3 is 2.37 bits per heavy atom. The van der Waals surface area contributed by atoms with E-state index in [9.17, 15) is 8.42 Å². The molecule has 2 aromatic carbocycles. The predicted molar refractivity (Wildman–Crippen MR) is 142 cm³/mol. The fourth-order valence-electron chi connectivity index (χ4n) is 3.72. The predicted octanol–water partition coefficient (Wildman–Crippen LogP) is 4.06. The molecule has 0 aliphatic carbocycles. The van der Waals surface area contributed by atoms with E-state index in [1.165, 1.54) is 24.0 Å². The fourth-order valence-corrected chi connectivity index (χ4v) is 5.16. The second kappa shape index (κ2) is 10.8. The lowest BCUT2D eigenvalue weighted by Gasteiger charge is -2.34. The van der Waals surface area contributed by atoms with E-state index >= 15 is 0 Å². The summed E-state index contributed by atoms with van der Waals surface area (Å²) in [7, 11) is -1.48. The van der Waals surface area contributed by atoms with E-state index < -0.39 is 10.0 Å². The van der Waals surface area contributed by atoms with Gasteiger partial charge in [-0.2, -0.15) is 4.98 Å². The monoisotopic (exact) mass is 515 g/mol. The highest BCUT2D eigenvalue weighted by molar-refractivity contribution is 7.89. The summed E-state index contributed by atoms with van der Waals surface area (Å²) in [4.78, 5) is 13.6. The van der Waals surface area contributed by atoms with E-state index in [4.69, 9.17) is 11.6 Å². The van der Waals surface area contributed by atoms with Crippen molar-refractivity contribution >= 4 is 50.5 Å². The van der Waals surface area contributed by atoms with Gasteiger partial charge < -0.3 is 20.4 Å². The van der Waals surface area contributed by atoms with Crippen molar-refractivity contribution in [2.45, 2.75) is 24.8 Å². The van der Waals surface area contributed by atoms with Crippen molar-refractivity contribution in [3.63, 3.8) is 0 Å². The molecule has 186 valence electrons.